The fourth-order valence-corrected chi connectivity index (χ4v) is 3.09. The molecule has 0 aliphatic rings. The van der Waals surface area contributed by atoms with Crippen LogP contribution in [0.4, 0.5) is 0 Å². The minimum atomic E-state index is -0.463. The van der Waals surface area contributed by atoms with Crippen LogP contribution >= 0.6 is 0 Å². The number of carbonyl (C=O) groups is 2. The Morgan fingerprint density at radius 2 is 1.75 bits per heavy atom. The Kier molecular flexibility index (Phi) is 7.70. The second kappa shape index (κ2) is 10.9. The summed E-state index contributed by atoms with van der Waals surface area (Å²) in [4.78, 5) is 25.8. The maximum absolute atomic E-state index is 12.9. The molecule has 0 unspecified atom stereocenters. The SMILES string of the molecule is COc1ccc(C(=O)N/C(=C\c2ccco2)C(=O)NC[C@H](C)c2ccccc2)cc1OC. The molecular weight excluding hydrogens is 408 g/mol. The molecule has 0 radical (unpaired) electrons. The molecule has 1 aromatic heterocycles. The molecule has 0 bridgehead atoms. The van der Waals surface area contributed by atoms with Gasteiger partial charge in [0.05, 0.1) is 20.5 Å². The van der Waals surface area contributed by atoms with E-state index in [1.54, 1.807) is 30.3 Å². The molecule has 7 nitrogen and oxygen atoms in total. The molecule has 3 aromatic rings. The van der Waals surface area contributed by atoms with Crippen molar-refractivity contribution < 1.29 is 23.5 Å². The molecule has 3 rings (SSSR count). The fourth-order valence-electron chi connectivity index (χ4n) is 3.09. The molecule has 7 heteroatoms. The minimum Gasteiger partial charge on any atom is -0.493 e. The lowest BCUT2D eigenvalue weighted by molar-refractivity contribution is -0.117. The van der Waals surface area contributed by atoms with Crippen molar-refractivity contribution >= 4 is 17.9 Å². The Labute approximate surface area is 187 Å². The zero-order chi connectivity index (χ0) is 22.9. The number of ether oxygens (including phenoxy) is 2. The lowest BCUT2D eigenvalue weighted by Gasteiger charge is -2.15. The molecular formula is C25H26N2O5. The van der Waals surface area contributed by atoms with E-state index in [9.17, 15) is 9.59 Å². The number of benzene rings is 2. The van der Waals surface area contributed by atoms with Crippen molar-refractivity contribution in [2.45, 2.75) is 12.8 Å². The Morgan fingerprint density at radius 3 is 2.41 bits per heavy atom. The van der Waals surface area contributed by atoms with E-state index in [4.69, 9.17) is 13.9 Å². The summed E-state index contributed by atoms with van der Waals surface area (Å²) in [6, 6.07) is 18.1. The van der Waals surface area contributed by atoms with Crippen molar-refractivity contribution in [1.82, 2.24) is 10.6 Å². The standard InChI is InChI=1S/C25H26N2O5/c1-17(18-8-5-4-6-9-18)16-26-25(29)21(15-20-10-7-13-32-20)27-24(28)19-11-12-22(30-2)23(14-19)31-3/h4-15,17H,16H2,1-3H3,(H,26,29)(H,27,28)/b21-15-/t17-/m0/s1. The number of furan rings is 1. The molecule has 0 spiro atoms. The highest BCUT2D eigenvalue weighted by molar-refractivity contribution is 6.05. The summed E-state index contributed by atoms with van der Waals surface area (Å²) in [7, 11) is 3.01. The topological polar surface area (TPSA) is 89.8 Å². The highest BCUT2D eigenvalue weighted by atomic mass is 16.5. The van der Waals surface area contributed by atoms with Gasteiger partial charge in [-0.25, -0.2) is 0 Å². The predicted molar refractivity (Wildman–Crippen MR) is 122 cm³/mol. The zero-order valence-electron chi connectivity index (χ0n) is 18.3. The van der Waals surface area contributed by atoms with Gasteiger partial charge in [-0.2, -0.15) is 0 Å². The third kappa shape index (κ3) is 5.78. The van der Waals surface area contributed by atoms with Crippen LogP contribution in [0.5, 0.6) is 11.5 Å². The summed E-state index contributed by atoms with van der Waals surface area (Å²) in [6.45, 7) is 2.43. The molecule has 1 heterocycles. The third-order valence-electron chi connectivity index (χ3n) is 4.91. The van der Waals surface area contributed by atoms with E-state index in [0.29, 0.717) is 29.4 Å². The van der Waals surface area contributed by atoms with E-state index in [2.05, 4.69) is 10.6 Å². The molecule has 0 fully saturated rings. The number of hydrogen-bond acceptors (Lipinski definition) is 5. The third-order valence-corrected chi connectivity index (χ3v) is 4.91. The van der Waals surface area contributed by atoms with Gasteiger partial charge in [-0.05, 0) is 41.8 Å². The number of carbonyl (C=O) groups excluding carboxylic acids is 2. The Bertz CT molecular complexity index is 1070. The average Bonchev–Trinajstić information content (AvgIpc) is 3.35. The van der Waals surface area contributed by atoms with Crippen molar-refractivity contribution in [3.63, 3.8) is 0 Å². The van der Waals surface area contributed by atoms with Gasteiger partial charge in [0.15, 0.2) is 11.5 Å². The monoisotopic (exact) mass is 434 g/mol. The van der Waals surface area contributed by atoms with E-state index in [1.807, 2.05) is 37.3 Å². The van der Waals surface area contributed by atoms with E-state index in [-0.39, 0.29) is 11.6 Å². The van der Waals surface area contributed by atoms with Crippen LogP contribution in [-0.2, 0) is 4.79 Å². The summed E-state index contributed by atoms with van der Waals surface area (Å²) in [5.74, 6) is 0.583. The number of hydrogen-bond donors (Lipinski definition) is 2. The van der Waals surface area contributed by atoms with Crippen molar-refractivity contribution in [3.8, 4) is 11.5 Å². The molecule has 2 aromatic carbocycles. The highest BCUT2D eigenvalue weighted by Gasteiger charge is 2.18. The van der Waals surface area contributed by atoms with Crippen LogP contribution in [0.3, 0.4) is 0 Å². The molecule has 0 aliphatic carbocycles. The molecule has 166 valence electrons. The number of amides is 2. The zero-order valence-corrected chi connectivity index (χ0v) is 18.3. The summed E-state index contributed by atoms with van der Waals surface area (Å²) in [5.41, 5.74) is 1.50. The Hall–Kier alpha value is -4.00. The summed E-state index contributed by atoms with van der Waals surface area (Å²) in [6.07, 6.45) is 2.98. The van der Waals surface area contributed by atoms with Crippen molar-refractivity contribution in [2.24, 2.45) is 0 Å². The van der Waals surface area contributed by atoms with Gasteiger partial charge < -0.3 is 24.5 Å². The summed E-state index contributed by atoms with van der Waals surface area (Å²) >= 11 is 0. The summed E-state index contributed by atoms with van der Waals surface area (Å²) in [5, 5.41) is 5.56. The van der Waals surface area contributed by atoms with Gasteiger partial charge in [0.1, 0.15) is 11.5 Å². The summed E-state index contributed by atoms with van der Waals surface area (Å²) < 4.78 is 15.8. The number of methoxy groups -OCH3 is 2. The van der Waals surface area contributed by atoms with E-state index in [0.717, 1.165) is 5.56 Å². The Morgan fingerprint density at radius 1 is 1.00 bits per heavy atom. The van der Waals surface area contributed by atoms with Crippen LogP contribution in [0.15, 0.2) is 77.0 Å². The first-order valence-electron chi connectivity index (χ1n) is 10.1. The van der Waals surface area contributed by atoms with Crippen molar-refractivity contribution in [2.75, 3.05) is 20.8 Å². The van der Waals surface area contributed by atoms with Gasteiger partial charge in [-0.15, -0.1) is 0 Å². The normalized spacial score (nSPS) is 12.0. The molecule has 1 atom stereocenters. The van der Waals surface area contributed by atoms with E-state index < -0.39 is 11.8 Å². The van der Waals surface area contributed by atoms with Gasteiger partial charge >= 0.3 is 0 Å². The van der Waals surface area contributed by atoms with Crippen LogP contribution in [-0.4, -0.2) is 32.6 Å². The number of rotatable bonds is 9. The van der Waals surface area contributed by atoms with Crippen LogP contribution < -0.4 is 20.1 Å². The second-order valence-electron chi connectivity index (χ2n) is 7.12. The van der Waals surface area contributed by atoms with Crippen molar-refractivity contribution in [3.05, 3.63) is 89.5 Å². The minimum absolute atomic E-state index is 0.0694. The molecule has 0 saturated heterocycles. The lowest BCUT2D eigenvalue weighted by atomic mass is 10.0. The lowest BCUT2D eigenvalue weighted by Crippen LogP contribution is -2.36. The van der Waals surface area contributed by atoms with Crippen LogP contribution in [0.1, 0.15) is 34.5 Å². The van der Waals surface area contributed by atoms with E-state index >= 15 is 0 Å². The number of nitrogens with one attached hydrogen (secondary N) is 2. The predicted octanol–water partition coefficient (Wildman–Crippen LogP) is 3.99. The highest BCUT2D eigenvalue weighted by Crippen LogP contribution is 2.27. The first kappa shape index (κ1) is 22.7. The second-order valence-corrected chi connectivity index (χ2v) is 7.12. The van der Waals surface area contributed by atoms with Crippen LogP contribution in [0.2, 0.25) is 0 Å². The van der Waals surface area contributed by atoms with Gasteiger partial charge in [0.2, 0.25) is 0 Å². The molecule has 32 heavy (non-hydrogen) atoms. The van der Waals surface area contributed by atoms with Gasteiger partial charge in [-0.1, -0.05) is 37.3 Å². The Balaban J connectivity index is 1.76. The van der Waals surface area contributed by atoms with Crippen molar-refractivity contribution in [1.29, 1.82) is 0 Å². The van der Waals surface area contributed by atoms with Crippen LogP contribution in [0.25, 0.3) is 6.08 Å². The first-order chi connectivity index (χ1) is 15.5. The fraction of sp³-hybridized carbons (Fsp3) is 0.200. The maximum atomic E-state index is 12.9. The maximum Gasteiger partial charge on any atom is 0.267 e. The largest absolute Gasteiger partial charge is 0.493 e. The molecule has 2 amide bonds. The van der Waals surface area contributed by atoms with Crippen LogP contribution in [0, 0.1) is 0 Å². The van der Waals surface area contributed by atoms with Gasteiger partial charge in [0, 0.05) is 18.2 Å². The van der Waals surface area contributed by atoms with E-state index in [1.165, 1.54) is 26.6 Å². The molecule has 2 N–H and O–H groups in total. The smallest absolute Gasteiger partial charge is 0.267 e. The van der Waals surface area contributed by atoms with Gasteiger partial charge in [0.25, 0.3) is 11.8 Å². The first-order valence-corrected chi connectivity index (χ1v) is 10.1. The quantitative estimate of drug-likeness (QED) is 0.497. The average molecular weight is 434 g/mol. The molecule has 0 aliphatic heterocycles. The molecule has 0 saturated carbocycles. The van der Waals surface area contributed by atoms with Gasteiger partial charge in [-0.3, -0.25) is 9.59 Å².